The first kappa shape index (κ1) is 19.3. The van der Waals surface area contributed by atoms with E-state index in [9.17, 15) is 0 Å². The van der Waals surface area contributed by atoms with Crippen LogP contribution in [0.3, 0.4) is 0 Å². The molecule has 0 saturated heterocycles. The molecule has 22 heavy (non-hydrogen) atoms. The lowest BCUT2D eigenvalue weighted by Gasteiger charge is -2.46. The van der Waals surface area contributed by atoms with Crippen molar-refractivity contribution in [2.45, 2.75) is 118 Å². The fourth-order valence-corrected chi connectivity index (χ4v) is 3.73. The zero-order chi connectivity index (χ0) is 16.9. The highest BCUT2D eigenvalue weighted by Gasteiger charge is 2.31. The smallest absolute Gasteiger partial charge is 0.197 e. The van der Waals surface area contributed by atoms with E-state index in [-0.39, 0.29) is 0 Å². The molecule has 0 unspecified atom stereocenters. The minimum Gasteiger partial charge on any atom is -0.338 e. The number of guanidine groups is 1. The van der Waals surface area contributed by atoms with Gasteiger partial charge < -0.3 is 9.80 Å². The molecule has 0 N–H and O–H groups in total. The minimum atomic E-state index is 0.333. The molecule has 1 fully saturated rings. The third-order valence-corrected chi connectivity index (χ3v) is 4.47. The maximum absolute atomic E-state index is 5.09. The van der Waals surface area contributed by atoms with Gasteiger partial charge in [-0.15, -0.1) is 0 Å². The van der Waals surface area contributed by atoms with Crippen molar-refractivity contribution >= 4 is 5.96 Å². The Bertz CT molecular complexity index is 331. The average Bonchev–Trinajstić information content (AvgIpc) is 2.37. The third-order valence-electron chi connectivity index (χ3n) is 4.47. The molecule has 0 heterocycles. The topological polar surface area (TPSA) is 18.8 Å². The van der Waals surface area contributed by atoms with Gasteiger partial charge in [-0.25, -0.2) is 0 Å². The van der Waals surface area contributed by atoms with Crippen LogP contribution in [-0.2, 0) is 0 Å². The minimum absolute atomic E-state index is 0.333. The van der Waals surface area contributed by atoms with Gasteiger partial charge in [0.1, 0.15) is 0 Å². The summed E-state index contributed by atoms with van der Waals surface area (Å²) in [7, 11) is 0. The number of hydrogen-bond acceptors (Lipinski definition) is 1. The van der Waals surface area contributed by atoms with Crippen molar-refractivity contribution in [3.8, 4) is 0 Å². The van der Waals surface area contributed by atoms with E-state index in [1.54, 1.807) is 0 Å². The van der Waals surface area contributed by atoms with E-state index in [1.165, 1.54) is 38.1 Å². The van der Waals surface area contributed by atoms with E-state index in [4.69, 9.17) is 4.99 Å². The van der Waals surface area contributed by atoms with Gasteiger partial charge in [-0.3, -0.25) is 4.99 Å². The molecule has 130 valence electrons. The second kappa shape index (κ2) is 8.79. The molecule has 1 aliphatic rings. The van der Waals surface area contributed by atoms with Crippen LogP contribution in [0, 0.1) is 0 Å². The maximum Gasteiger partial charge on any atom is 0.197 e. The summed E-state index contributed by atoms with van der Waals surface area (Å²) in [6.45, 7) is 18.2. The molecule has 0 atom stereocenters. The van der Waals surface area contributed by atoms with Crippen LogP contribution in [-0.4, -0.2) is 46.0 Å². The quantitative estimate of drug-likeness (QED) is 0.530. The first-order valence-corrected chi connectivity index (χ1v) is 9.40. The van der Waals surface area contributed by atoms with Crippen LogP contribution in [0.5, 0.6) is 0 Å². The summed E-state index contributed by atoms with van der Waals surface area (Å²) in [5.74, 6) is 1.22. The molecule has 0 aromatic rings. The molecule has 1 aliphatic carbocycles. The van der Waals surface area contributed by atoms with E-state index in [2.05, 4.69) is 65.2 Å². The summed E-state index contributed by atoms with van der Waals surface area (Å²) in [4.78, 5) is 10.2. The largest absolute Gasteiger partial charge is 0.338 e. The molecule has 0 aliphatic heterocycles. The van der Waals surface area contributed by atoms with Crippen LogP contribution in [0.15, 0.2) is 4.99 Å². The van der Waals surface area contributed by atoms with Gasteiger partial charge in [-0.05, 0) is 68.2 Å². The Morgan fingerprint density at radius 1 is 0.773 bits per heavy atom. The lowest BCUT2D eigenvalue weighted by atomic mass is 9.93. The van der Waals surface area contributed by atoms with E-state index < -0.39 is 0 Å². The summed E-state index contributed by atoms with van der Waals surface area (Å²) in [6.07, 6.45) is 6.77. The molecule has 0 amide bonds. The second-order valence-corrected chi connectivity index (χ2v) is 7.91. The van der Waals surface area contributed by atoms with Gasteiger partial charge in [0.25, 0.3) is 0 Å². The Morgan fingerprint density at radius 2 is 1.27 bits per heavy atom. The number of hydrogen-bond donors (Lipinski definition) is 0. The zero-order valence-corrected chi connectivity index (χ0v) is 16.3. The molecule has 0 aromatic heterocycles. The molecule has 3 heteroatoms. The van der Waals surface area contributed by atoms with Crippen LogP contribution in [0.25, 0.3) is 0 Å². The van der Waals surface area contributed by atoms with Gasteiger partial charge in [0, 0.05) is 30.2 Å². The van der Waals surface area contributed by atoms with Crippen LogP contribution in [0.2, 0.25) is 0 Å². The van der Waals surface area contributed by atoms with Gasteiger partial charge in [0.05, 0.1) is 0 Å². The highest BCUT2D eigenvalue weighted by molar-refractivity contribution is 5.81. The predicted octanol–water partition coefficient (Wildman–Crippen LogP) is 4.91. The number of rotatable bonds is 5. The second-order valence-electron chi connectivity index (χ2n) is 7.91. The van der Waals surface area contributed by atoms with Crippen molar-refractivity contribution in [3.63, 3.8) is 0 Å². The number of nitrogens with zero attached hydrogens (tertiary/aromatic N) is 3. The molecule has 3 nitrogen and oxygen atoms in total. The Hall–Kier alpha value is -0.730. The van der Waals surface area contributed by atoms with E-state index in [1.807, 2.05) is 0 Å². The summed E-state index contributed by atoms with van der Waals surface area (Å²) in [5, 5.41) is 0. The molecular formula is C19H39N3. The standard InChI is InChI=1S/C19H39N3/c1-14(2)20-19(21(15(3)4)16(5)6)22(17(7)8)18-12-10-9-11-13-18/h14-18H,9-13H2,1-8H3/b20-19+. The van der Waals surface area contributed by atoms with Gasteiger partial charge in [0.15, 0.2) is 5.96 Å². The van der Waals surface area contributed by atoms with Gasteiger partial charge in [0.2, 0.25) is 0 Å². The average molecular weight is 310 g/mol. The summed E-state index contributed by atoms with van der Waals surface area (Å²) < 4.78 is 0. The summed E-state index contributed by atoms with van der Waals surface area (Å²) in [6, 6.07) is 2.44. The Labute approximate surface area is 139 Å². The van der Waals surface area contributed by atoms with Crippen molar-refractivity contribution in [3.05, 3.63) is 0 Å². The molecule has 0 spiro atoms. The molecular weight excluding hydrogens is 270 g/mol. The first-order valence-electron chi connectivity index (χ1n) is 9.40. The fraction of sp³-hybridized carbons (Fsp3) is 0.947. The van der Waals surface area contributed by atoms with E-state index in [0.717, 1.165) is 0 Å². The Kier molecular flexibility index (Phi) is 7.71. The summed E-state index contributed by atoms with van der Waals surface area (Å²) >= 11 is 0. The SMILES string of the molecule is CC(C)/N=C(\N(C(C)C)C(C)C)N(C(C)C)C1CCCCC1. The lowest BCUT2D eigenvalue weighted by Crippen LogP contribution is -2.56. The van der Waals surface area contributed by atoms with Gasteiger partial charge >= 0.3 is 0 Å². The maximum atomic E-state index is 5.09. The van der Waals surface area contributed by atoms with Crippen molar-refractivity contribution < 1.29 is 0 Å². The van der Waals surface area contributed by atoms with Gasteiger partial charge in [-0.1, -0.05) is 19.3 Å². The molecule has 1 saturated carbocycles. The first-order chi connectivity index (χ1) is 10.3. The van der Waals surface area contributed by atoms with E-state index >= 15 is 0 Å². The predicted molar refractivity (Wildman–Crippen MR) is 98.5 cm³/mol. The molecule has 1 rings (SSSR count). The van der Waals surface area contributed by atoms with Crippen LogP contribution in [0.1, 0.15) is 87.5 Å². The zero-order valence-electron chi connectivity index (χ0n) is 16.3. The van der Waals surface area contributed by atoms with Crippen molar-refractivity contribution in [1.29, 1.82) is 0 Å². The Balaban J connectivity index is 3.19. The monoisotopic (exact) mass is 309 g/mol. The molecule has 0 bridgehead atoms. The van der Waals surface area contributed by atoms with Gasteiger partial charge in [-0.2, -0.15) is 0 Å². The highest BCUT2D eigenvalue weighted by Crippen LogP contribution is 2.26. The van der Waals surface area contributed by atoms with Crippen LogP contribution >= 0.6 is 0 Å². The Morgan fingerprint density at radius 3 is 1.64 bits per heavy atom. The van der Waals surface area contributed by atoms with Crippen LogP contribution < -0.4 is 0 Å². The van der Waals surface area contributed by atoms with Crippen molar-refractivity contribution in [1.82, 2.24) is 9.80 Å². The highest BCUT2D eigenvalue weighted by atomic mass is 15.4. The van der Waals surface area contributed by atoms with E-state index in [0.29, 0.717) is 30.2 Å². The van der Waals surface area contributed by atoms with Crippen molar-refractivity contribution in [2.75, 3.05) is 0 Å². The third kappa shape index (κ3) is 5.17. The summed E-state index contributed by atoms with van der Waals surface area (Å²) in [5.41, 5.74) is 0. The van der Waals surface area contributed by atoms with Crippen LogP contribution in [0.4, 0.5) is 0 Å². The molecule has 0 radical (unpaired) electrons. The fourth-order valence-electron chi connectivity index (χ4n) is 3.73. The lowest BCUT2D eigenvalue weighted by molar-refractivity contribution is 0.158. The normalized spacial score (nSPS) is 17.9. The van der Waals surface area contributed by atoms with Crippen molar-refractivity contribution in [2.24, 2.45) is 4.99 Å². The molecule has 0 aromatic carbocycles. The number of aliphatic imine (C=N–C) groups is 1.